The fourth-order valence-electron chi connectivity index (χ4n) is 2.00. The number of hydrogen-bond acceptors (Lipinski definition) is 4. The number of nitrogens with one attached hydrogen (secondary N) is 1. The third kappa shape index (κ3) is 2.79. The first kappa shape index (κ1) is 11.5. The van der Waals surface area contributed by atoms with Crippen LogP contribution < -0.4 is 11.3 Å². The summed E-state index contributed by atoms with van der Waals surface area (Å²) < 4.78 is 6.52. The summed E-state index contributed by atoms with van der Waals surface area (Å²) in [5.74, 6) is 6.24. The van der Waals surface area contributed by atoms with Crippen molar-refractivity contribution in [1.29, 1.82) is 0 Å². The van der Waals surface area contributed by atoms with Gasteiger partial charge in [-0.1, -0.05) is 0 Å². The Bertz CT molecular complexity index is 312. The smallest absolute Gasteiger partial charge is 0.0702 e. The van der Waals surface area contributed by atoms with Gasteiger partial charge < -0.3 is 4.74 Å². The second-order valence-corrected chi connectivity index (χ2v) is 6.23. The normalized spacial score (nSPS) is 20.4. The number of halogens is 1. The van der Waals surface area contributed by atoms with Crippen molar-refractivity contribution in [2.45, 2.75) is 18.9 Å². The van der Waals surface area contributed by atoms with E-state index in [0.29, 0.717) is 5.92 Å². The summed E-state index contributed by atoms with van der Waals surface area (Å²) >= 11 is 5.23. The van der Waals surface area contributed by atoms with Crippen LogP contribution in [0.4, 0.5) is 0 Å². The molecular formula is C10H15BrN2OS. The summed E-state index contributed by atoms with van der Waals surface area (Å²) in [5, 5.41) is 0. The van der Waals surface area contributed by atoms with Crippen LogP contribution in [0.25, 0.3) is 0 Å². The van der Waals surface area contributed by atoms with E-state index in [2.05, 4.69) is 33.5 Å². The van der Waals surface area contributed by atoms with Crippen molar-refractivity contribution in [3.8, 4) is 0 Å². The lowest BCUT2D eigenvalue weighted by Gasteiger charge is -2.29. The molecule has 0 bridgehead atoms. The molecule has 84 valence electrons. The Hall–Kier alpha value is 0.0600. The molecule has 3 nitrogen and oxygen atoms in total. The molecule has 2 heterocycles. The Morgan fingerprint density at radius 1 is 1.47 bits per heavy atom. The fraction of sp³-hybridized carbons (Fsp3) is 0.600. The first-order valence-electron chi connectivity index (χ1n) is 5.10. The number of thiophene rings is 1. The summed E-state index contributed by atoms with van der Waals surface area (Å²) in [4.78, 5) is 1.30. The number of hydrogen-bond donors (Lipinski definition) is 2. The second kappa shape index (κ2) is 5.41. The molecule has 3 N–H and O–H groups in total. The molecule has 0 aromatic carbocycles. The average Bonchev–Trinajstić information content (AvgIpc) is 2.68. The van der Waals surface area contributed by atoms with Crippen LogP contribution in [0.3, 0.4) is 0 Å². The molecule has 15 heavy (non-hydrogen) atoms. The van der Waals surface area contributed by atoms with Crippen molar-refractivity contribution in [1.82, 2.24) is 5.43 Å². The minimum Gasteiger partial charge on any atom is -0.381 e. The molecule has 1 fully saturated rings. The zero-order valence-corrected chi connectivity index (χ0v) is 10.8. The molecule has 1 aromatic rings. The van der Waals surface area contributed by atoms with Crippen molar-refractivity contribution in [2.75, 3.05) is 13.2 Å². The predicted octanol–water partition coefficient (Wildman–Crippen LogP) is 2.44. The lowest BCUT2D eigenvalue weighted by atomic mass is 9.91. The molecule has 1 unspecified atom stereocenters. The van der Waals surface area contributed by atoms with Crippen LogP contribution in [-0.2, 0) is 4.74 Å². The first-order valence-corrected chi connectivity index (χ1v) is 6.71. The summed E-state index contributed by atoms with van der Waals surface area (Å²) in [5.41, 5.74) is 2.94. The van der Waals surface area contributed by atoms with E-state index in [4.69, 9.17) is 10.6 Å². The number of hydrazine groups is 1. The maximum atomic E-state index is 5.65. The van der Waals surface area contributed by atoms with Crippen molar-refractivity contribution >= 4 is 27.3 Å². The zero-order chi connectivity index (χ0) is 10.7. The predicted molar refractivity (Wildman–Crippen MR) is 65.6 cm³/mol. The van der Waals surface area contributed by atoms with Gasteiger partial charge in [0, 0.05) is 18.1 Å². The summed E-state index contributed by atoms with van der Waals surface area (Å²) in [6.45, 7) is 1.71. The standard InChI is InChI=1S/C10H15BrN2OS/c11-9-2-1-8(15-9)10(13-12)7-3-5-14-6-4-7/h1-2,7,10,13H,3-6,12H2. The average molecular weight is 291 g/mol. The Labute approximate surface area is 102 Å². The van der Waals surface area contributed by atoms with Crippen LogP contribution in [0, 0.1) is 5.92 Å². The van der Waals surface area contributed by atoms with Crippen LogP contribution >= 0.6 is 27.3 Å². The molecule has 1 saturated heterocycles. The molecule has 5 heteroatoms. The summed E-state index contributed by atoms with van der Waals surface area (Å²) in [6, 6.07) is 4.48. The van der Waals surface area contributed by atoms with Gasteiger partial charge in [0.15, 0.2) is 0 Å². The van der Waals surface area contributed by atoms with Gasteiger partial charge in [-0.05, 0) is 46.8 Å². The van der Waals surface area contributed by atoms with Gasteiger partial charge in [-0.25, -0.2) is 0 Å². The van der Waals surface area contributed by atoms with E-state index in [1.807, 2.05) is 0 Å². The van der Waals surface area contributed by atoms with E-state index in [1.54, 1.807) is 11.3 Å². The van der Waals surface area contributed by atoms with Gasteiger partial charge in [-0.3, -0.25) is 11.3 Å². The Balaban J connectivity index is 2.08. The van der Waals surface area contributed by atoms with Gasteiger partial charge in [0.05, 0.1) is 9.83 Å². The fourth-order valence-corrected chi connectivity index (χ4v) is 3.57. The van der Waals surface area contributed by atoms with Gasteiger partial charge >= 0.3 is 0 Å². The van der Waals surface area contributed by atoms with E-state index in [-0.39, 0.29) is 6.04 Å². The van der Waals surface area contributed by atoms with Crippen LogP contribution in [0.2, 0.25) is 0 Å². The number of ether oxygens (including phenoxy) is 1. The van der Waals surface area contributed by atoms with E-state index in [0.717, 1.165) is 29.8 Å². The van der Waals surface area contributed by atoms with Crippen molar-refractivity contribution in [3.05, 3.63) is 20.8 Å². The van der Waals surface area contributed by atoms with E-state index < -0.39 is 0 Å². The van der Waals surface area contributed by atoms with Crippen molar-refractivity contribution in [3.63, 3.8) is 0 Å². The van der Waals surface area contributed by atoms with Gasteiger partial charge in [-0.15, -0.1) is 11.3 Å². The Morgan fingerprint density at radius 2 is 2.20 bits per heavy atom. The van der Waals surface area contributed by atoms with Crippen molar-refractivity contribution < 1.29 is 4.74 Å². The summed E-state index contributed by atoms with van der Waals surface area (Å²) in [7, 11) is 0. The largest absolute Gasteiger partial charge is 0.381 e. The first-order chi connectivity index (χ1) is 7.31. The highest BCUT2D eigenvalue weighted by Crippen LogP contribution is 2.34. The minimum atomic E-state index is 0.269. The number of rotatable bonds is 3. The molecule has 0 aliphatic carbocycles. The topological polar surface area (TPSA) is 47.3 Å². The molecule has 1 aromatic heterocycles. The third-order valence-corrected chi connectivity index (χ3v) is 4.52. The molecule has 0 saturated carbocycles. The van der Waals surface area contributed by atoms with E-state index in [9.17, 15) is 0 Å². The molecule has 0 radical (unpaired) electrons. The molecule has 0 amide bonds. The highest BCUT2D eigenvalue weighted by molar-refractivity contribution is 9.11. The van der Waals surface area contributed by atoms with Gasteiger partial charge in [0.2, 0.25) is 0 Å². The maximum absolute atomic E-state index is 5.65. The molecule has 0 spiro atoms. The quantitative estimate of drug-likeness (QED) is 0.664. The second-order valence-electron chi connectivity index (χ2n) is 3.74. The highest BCUT2D eigenvalue weighted by Gasteiger charge is 2.25. The molecule has 1 aliphatic rings. The van der Waals surface area contributed by atoms with E-state index >= 15 is 0 Å². The lowest BCUT2D eigenvalue weighted by Crippen LogP contribution is -2.35. The highest BCUT2D eigenvalue weighted by atomic mass is 79.9. The van der Waals surface area contributed by atoms with Gasteiger partial charge in [0.1, 0.15) is 0 Å². The Kier molecular flexibility index (Phi) is 4.16. The van der Waals surface area contributed by atoms with Crippen LogP contribution in [0.5, 0.6) is 0 Å². The zero-order valence-electron chi connectivity index (χ0n) is 8.41. The Morgan fingerprint density at radius 3 is 2.73 bits per heavy atom. The molecular weight excluding hydrogens is 276 g/mol. The van der Waals surface area contributed by atoms with Gasteiger partial charge in [0.25, 0.3) is 0 Å². The lowest BCUT2D eigenvalue weighted by molar-refractivity contribution is 0.0540. The maximum Gasteiger partial charge on any atom is 0.0702 e. The van der Waals surface area contributed by atoms with Gasteiger partial charge in [-0.2, -0.15) is 0 Å². The molecule has 1 aliphatic heterocycles. The SMILES string of the molecule is NNC(c1ccc(Br)s1)C1CCOCC1. The van der Waals surface area contributed by atoms with Crippen LogP contribution in [-0.4, -0.2) is 13.2 Å². The molecule has 2 rings (SSSR count). The minimum absolute atomic E-state index is 0.269. The van der Waals surface area contributed by atoms with Crippen LogP contribution in [0.15, 0.2) is 15.9 Å². The van der Waals surface area contributed by atoms with Crippen molar-refractivity contribution in [2.24, 2.45) is 11.8 Å². The summed E-state index contributed by atoms with van der Waals surface area (Å²) in [6.07, 6.45) is 2.18. The van der Waals surface area contributed by atoms with E-state index in [1.165, 1.54) is 4.88 Å². The van der Waals surface area contributed by atoms with Crippen LogP contribution in [0.1, 0.15) is 23.8 Å². The third-order valence-electron chi connectivity index (χ3n) is 2.82. The molecule has 1 atom stereocenters. The number of nitrogens with two attached hydrogens (primary N) is 1. The monoisotopic (exact) mass is 290 g/mol.